The zero-order valence-electron chi connectivity index (χ0n) is 14.2. The van der Waals surface area contributed by atoms with Gasteiger partial charge in [-0.3, -0.25) is 4.79 Å². The number of methoxy groups -OCH3 is 2. The van der Waals surface area contributed by atoms with Crippen LogP contribution in [0.15, 0.2) is 28.9 Å². The fourth-order valence-electron chi connectivity index (χ4n) is 2.35. The van der Waals surface area contributed by atoms with Gasteiger partial charge in [0.05, 0.1) is 26.0 Å². The Morgan fingerprint density at radius 1 is 1.12 bits per heavy atom. The number of amides is 1. The lowest BCUT2D eigenvalue weighted by atomic mass is 10.2. The van der Waals surface area contributed by atoms with Crippen LogP contribution in [0.3, 0.4) is 0 Å². The summed E-state index contributed by atoms with van der Waals surface area (Å²) in [5, 5.41) is 0.331. The van der Waals surface area contributed by atoms with E-state index >= 15 is 0 Å². The Morgan fingerprint density at radius 3 is 2.48 bits per heavy atom. The van der Waals surface area contributed by atoms with E-state index in [4.69, 9.17) is 25.5 Å². The average molecular weight is 362 g/mol. The number of ether oxygens (including phenoxy) is 2. The maximum absolute atomic E-state index is 12.1. The molecule has 130 valence electrons. The minimum atomic E-state index is -0.170. The van der Waals surface area contributed by atoms with Crippen molar-refractivity contribution < 1.29 is 18.7 Å². The molecule has 0 aliphatic heterocycles. The van der Waals surface area contributed by atoms with Gasteiger partial charge in [0.1, 0.15) is 22.0 Å². The molecule has 3 rings (SSSR count). The second kappa shape index (κ2) is 6.60. The van der Waals surface area contributed by atoms with Crippen molar-refractivity contribution in [1.82, 2.24) is 14.9 Å². The maximum Gasteiger partial charge on any atom is 0.255 e. The number of halogens is 1. The molecule has 0 N–H and O–H groups in total. The number of nitrogens with zero attached hydrogens (tertiary/aromatic N) is 3. The monoisotopic (exact) mass is 361 g/mol. The van der Waals surface area contributed by atoms with Gasteiger partial charge in [-0.15, -0.1) is 0 Å². The topological polar surface area (TPSA) is 77.7 Å². The summed E-state index contributed by atoms with van der Waals surface area (Å²) < 4.78 is 16.3. The molecule has 0 saturated heterocycles. The Hall–Kier alpha value is -2.80. The van der Waals surface area contributed by atoms with Crippen LogP contribution in [0.1, 0.15) is 10.4 Å². The van der Waals surface area contributed by atoms with Crippen LogP contribution in [0, 0.1) is 0 Å². The largest absolute Gasteiger partial charge is 0.494 e. The number of rotatable bonds is 4. The summed E-state index contributed by atoms with van der Waals surface area (Å²) in [5.41, 5.74) is 1.83. The molecule has 7 nitrogen and oxygen atoms in total. The number of aromatic nitrogens is 2. The van der Waals surface area contributed by atoms with Crippen LogP contribution in [0.2, 0.25) is 5.02 Å². The molecule has 0 atom stereocenters. The van der Waals surface area contributed by atoms with Crippen LogP contribution in [0.25, 0.3) is 22.6 Å². The highest BCUT2D eigenvalue weighted by Crippen LogP contribution is 2.37. The minimum absolute atomic E-state index is 0.170. The summed E-state index contributed by atoms with van der Waals surface area (Å²) in [6, 6.07) is 3.33. The Kier molecular flexibility index (Phi) is 4.50. The van der Waals surface area contributed by atoms with Crippen molar-refractivity contribution in [2.45, 2.75) is 0 Å². The van der Waals surface area contributed by atoms with E-state index in [0.717, 1.165) is 0 Å². The zero-order valence-corrected chi connectivity index (χ0v) is 14.9. The van der Waals surface area contributed by atoms with Gasteiger partial charge in [0, 0.05) is 26.4 Å². The first kappa shape index (κ1) is 17.0. The molecular weight excluding hydrogens is 346 g/mol. The van der Waals surface area contributed by atoms with Gasteiger partial charge in [-0.2, -0.15) is 0 Å². The van der Waals surface area contributed by atoms with E-state index in [-0.39, 0.29) is 5.91 Å². The van der Waals surface area contributed by atoms with Crippen molar-refractivity contribution in [3.8, 4) is 23.0 Å². The lowest BCUT2D eigenvalue weighted by Crippen LogP contribution is -2.21. The van der Waals surface area contributed by atoms with Crippen LogP contribution in [0.5, 0.6) is 11.5 Å². The maximum atomic E-state index is 12.1. The summed E-state index contributed by atoms with van der Waals surface area (Å²) in [7, 11) is 6.34. The predicted octanol–water partition coefficient (Wildman–Crippen LogP) is 3.26. The Morgan fingerprint density at radius 2 is 1.84 bits per heavy atom. The summed E-state index contributed by atoms with van der Waals surface area (Å²) in [6.07, 6.45) is 3.00. The number of carbonyl (C=O) groups is 1. The molecule has 8 heteroatoms. The van der Waals surface area contributed by atoms with Crippen molar-refractivity contribution >= 4 is 28.6 Å². The van der Waals surface area contributed by atoms with Crippen LogP contribution in [0.4, 0.5) is 0 Å². The number of fused-ring (bicyclic) bond motifs is 1. The molecule has 3 heterocycles. The van der Waals surface area contributed by atoms with Gasteiger partial charge in [0.2, 0.25) is 0 Å². The van der Waals surface area contributed by atoms with Crippen molar-refractivity contribution in [1.29, 1.82) is 0 Å². The van der Waals surface area contributed by atoms with Gasteiger partial charge in [-0.1, -0.05) is 11.6 Å². The number of carbonyl (C=O) groups excluding carboxylic acids is 1. The first-order valence-electron chi connectivity index (χ1n) is 7.34. The van der Waals surface area contributed by atoms with Crippen molar-refractivity contribution in [3.05, 3.63) is 35.1 Å². The zero-order chi connectivity index (χ0) is 18.1. The Balaban J connectivity index is 2.11. The molecule has 3 aromatic rings. The number of hydrogen-bond donors (Lipinski definition) is 0. The molecule has 0 aliphatic rings. The standard InChI is InChI=1S/C17H16ClN3O4/c1-21(2)17(22)9-5-11(23-3)15(20-7-9)12-6-10-16(25-12)14(18)13(24-4)8-19-10/h5-8H,1-4H3. The summed E-state index contributed by atoms with van der Waals surface area (Å²) in [6.45, 7) is 0. The normalized spacial score (nSPS) is 10.8. The minimum Gasteiger partial charge on any atom is -0.494 e. The number of furan rings is 1. The molecular formula is C17H16ClN3O4. The van der Waals surface area contributed by atoms with Gasteiger partial charge < -0.3 is 18.8 Å². The van der Waals surface area contributed by atoms with Gasteiger partial charge in [0.15, 0.2) is 17.1 Å². The van der Waals surface area contributed by atoms with E-state index in [2.05, 4.69) is 9.97 Å². The second-order valence-electron chi connectivity index (χ2n) is 5.44. The third kappa shape index (κ3) is 2.98. The summed E-state index contributed by atoms with van der Waals surface area (Å²) in [4.78, 5) is 22.1. The van der Waals surface area contributed by atoms with Crippen LogP contribution < -0.4 is 9.47 Å². The molecule has 0 unspecified atom stereocenters. The predicted molar refractivity (Wildman–Crippen MR) is 93.4 cm³/mol. The fourth-order valence-corrected chi connectivity index (χ4v) is 2.61. The van der Waals surface area contributed by atoms with E-state index in [1.54, 1.807) is 26.2 Å². The van der Waals surface area contributed by atoms with E-state index in [1.807, 2.05) is 0 Å². The molecule has 25 heavy (non-hydrogen) atoms. The lowest BCUT2D eigenvalue weighted by molar-refractivity contribution is 0.0827. The summed E-state index contributed by atoms with van der Waals surface area (Å²) >= 11 is 6.26. The Labute approximate surface area is 149 Å². The smallest absolute Gasteiger partial charge is 0.255 e. The van der Waals surface area contributed by atoms with E-state index in [9.17, 15) is 4.79 Å². The van der Waals surface area contributed by atoms with Gasteiger partial charge in [-0.25, -0.2) is 9.97 Å². The first-order valence-corrected chi connectivity index (χ1v) is 7.72. The molecule has 0 aromatic carbocycles. The SMILES string of the molecule is COc1cc(C(=O)N(C)C)cnc1-c1cc2ncc(OC)c(Cl)c2o1. The summed E-state index contributed by atoms with van der Waals surface area (Å²) in [5.74, 6) is 1.09. The van der Waals surface area contributed by atoms with Gasteiger partial charge in [0.25, 0.3) is 5.91 Å². The molecule has 0 radical (unpaired) electrons. The third-order valence-electron chi connectivity index (χ3n) is 3.63. The van der Waals surface area contributed by atoms with E-state index in [0.29, 0.717) is 44.6 Å². The van der Waals surface area contributed by atoms with Crippen molar-refractivity contribution in [3.63, 3.8) is 0 Å². The fraction of sp³-hybridized carbons (Fsp3) is 0.235. The van der Waals surface area contributed by atoms with Crippen molar-refractivity contribution in [2.75, 3.05) is 28.3 Å². The quantitative estimate of drug-likeness (QED) is 0.709. The van der Waals surface area contributed by atoms with Crippen molar-refractivity contribution in [2.24, 2.45) is 0 Å². The van der Waals surface area contributed by atoms with Crippen LogP contribution in [-0.4, -0.2) is 49.1 Å². The van der Waals surface area contributed by atoms with Crippen LogP contribution >= 0.6 is 11.6 Å². The number of hydrogen-bond acceptors (Lipinski definition) is 6. The molecule has 3 aromatic heterocycles. The van der Waals surface area contributed by atoms with Gasteiger partial charge >= 0.3 is 0 Å². The second-order valence-corrected chi connectivity index (χ2v) is 5.82. The molecule has 1 amide bonds. The Bertz CT molecular complexity index is 952. The molecule has 0 fully saturated rings. The highest BCUT2D eigenvalue weighted by Gasteiger charge is 2.19. The highest BCUT2D eigenvalue weighted by atomic mass is 35.5. The molecule has 0 spiro atoms. The highest BCUT2D eigenvalue weighted by molar-refractivity contribution is 6.36. The van der Waals surface area contributed by atoms with Gasteiger partial charge in [-0.05, 0) is 6.07 Å². The first-order chi connectivity index (χ1) is 12.0. The molecule has 0 bridgehead atoms. The van der Waals surface area contributed by atoms with E-state index < -0.39 is 0 Å². The average Bonchev–Trinajstić information content (AvgIpc) is 3.05. The molecule has 0 aliphatic carbocycles. The van der Waals surface area contributed by atoms with Crippen LogP contribution in [-0.2, 0) is 0 Å². The third-order valence-corrected chi connectivity index (χ3v) is 3.99. The number of pyridine rings is 2. The lowest BCUT2D eigenvalue weighted by Gasteiger charge is -2.12. The van der Waals surface area contributed by atoms with E-state index in [1.165, 1.54) is 31.5 Å². The molecule has 0 saturated carbocycles.